The minimum Gasteiger partial charge on any atom is -0.378 e. The molecule has 0 atom stereocenters. The van der Waals surface area contributed by atoms with Gasteiger partial charge in [0.05, 0.1) is 106 Å². The van der Waals surface area contributed by atoms with Crippen molar-refractivity contribution in [1.82, 2.24) is 19.6 Å². The number of carbonyl (C=O) groups is 3. The molecule has 1 aromatic carbocycles. The number of halogens is 1. The fraction of sp³-hybridized carbons (Fsp3) is 0.842. The first-order chi connectivity index (χ1) is 36.1. The minimum absolute atomic E-state index is 0.0964. The van der Waals surface area contributed by atoms with Crippen LogP contribution in [-0.4, -0.2) is 207 Å². The van der Waals surface area contributed by atoms with Crippen LogP contribution < -0.4 is 0 Å². The highest BCUT2D eigenvalue weighted by Gasteiger charge is 2.17. The quantitative estimate of drug-likeness (QED) is 0.0648. The van der Waals surface area contributed by atoms with Crippen molar-refractivity contribution in [3.63, 3.8) is 0 Å². The number of hydrogen-bond acceptors (Lipinski definition) is 12. The van der Waals surface area contributed by atoms with Gasteiger partial charge in [-0.05, 0) is 44.2 Å². The summed E-state index contributed by atoms with van der Waals surface area (Å²) in [5.41, 5.74) is 1.15. The highest BCUT2D eigenvalue weighted by molar-refractivity contribution is 9.09. The van der Waals surface area contributed by atoms with Crippen LogP contribution in [0.5, 0.6) is 0 Å². The van der Waals surface area contributed by atoms with Crippen molar-refractivity contribution in [1.29, 1.82) is 0 Å². The van der Waals surface area contributed by atoms with Crippen LogP contribution in [0.25, 0.3) is 0 Å². The van der Waals surface area contributed by atoms with E-state index in [1.165, 1.54) is 77.0 Å². The van der Waals surface area contributed by atoms with Crippen molar-refractivity contribution in [3.05, 3.63) is 35.9 Å². The average molecular weight is 1100 g/mol. The molecule has 2 aliphatic heterocycles. The molecule has 16 heteroatoms. The Kier molecular flexibility index (Phi) is 42.9. The lowest BCUT2D eigenvalue weighted by Gasteiger charge is -2.24. The number of amides is 3. The largest absolute Gasteiger partial charge is 0.378 e. The van der Waals surface area contributed by atoms with Crippen molar-refractivity contribution in [2.75, 3.05) is 170 Å². The van der Waals surface area contributed by atoms with Crippen LogP contribution in [0.15, 0.2) is 30.3 Å². The number of hydrogen-bond donors (Lipinski definition) is 0. The van der Waals surface area contributed by atoms with Gasteiger partial charge in [-0.25, -0.2) is 0 Å². The highest BCUT2D eigenvalue weighted by Crippen LogP contribution is 2.14. The van der Waals surface area contributed by atoms with E-state index in [0.29, 0.717) is 171 Å². The van der Waals surface area contributed by atoms with E-state index in [-0.39, 0.29) is 17.7 Å². The van der Waals surface area contributed by atoms with E-state index in [4.69, 9.17) is 37.9 Å². The molecule has 0 aromatic heterocycles. The van der Waals surface area contributed by atoms with E-state index in [9.17, 15) is 14.4 Å². The molecule has 73 heavy (non-hydrogen) atoms. The molecule has 0 saturated carbocycles. The lowest BCUT2D eigenvalue weighted by atomic mass is 10.1. The summed E-state index contributed by atoms with van der Waals surface area (Å²) in [6.07, 6.45) is 23.8. The molecule has 3 rings (SSSR count). The van der Waals surface area contributed by atoms with E-state index in [0.717, 1.165) is 69.1 Å². The Hall–Kier alpha value is -2.25. The zero-order valence-corrected chi connectivity index (χ0v) is 47.1. The number of unbranched alkanes of at least 4 members (excludes halogenated alkanes) is 16. The summed E-state index contributed by atoms with van der Waals surface area (Å²) in [6, 6.07) is 10.1. The molecular weight excluding hydrogens is 997 g/mol. The van der Waals surface area contributed by atoms with Gasteiger partial charge in [0.25, 0.3) is 0 Å². The molecule has 0 radical (unpaired) electrons. The van der Waals surface area contributed by atoms with Crippen LogP contribution in [0.1, 0.15) is 140 Å². The molecule has 0 aliphatic carbocycles. The third-order valence-electron chi connectivity index (χ3n) is 13.5. The summed E-state index contributed by atoms with van der Waals surface area (Å²) in [6.45, 7) is 14.0. The van der Waals surface area contributed by atoms with Gasteiger partial charge in [0, 0.05) is 77.0 Å². The normalized spacial score (nSPS) is 18.3. The molecule has 2 saturated heterocycles. The Morgan fingerprint density at radius 2 is 0.630 bits per heavy atom. The van der Waals surface area contributed by atoms with Gasteiger partial charge in [0.1, 0.15) is 0 Å². The second-order valence-electron chi connectivity index (χ2n) is 19.4. The number of benzene rings is 1. The van der Waals surface area contributed by atoms with Gasteiger partial charge in [0.15, 0.2) is 0 Å². The van der Waals surface area contributed by atoms with Crippen molar-refractivity contribution in [3.8, 4) is 0 Å². The smallest absolute Gasteiger partial charge is 0.223 e. The lowest BCUT2D eigenvalue weighted by molar-refractivity contribution is -0.134. The van der Waals surface area contributed by atoms with E-state index in [1.54, 1.807) is 0 Å². The fourth-order valence-electron chi connectivity index (χ4n) is 8.97. The second kappa shape index (κ2) is 48.1. The molecule has 1 aromatic rings. The Bertz CT molecular complexity index is 1400. The minimum atomic E-state index is 0.0964. The van der Waals surface area contributed by atoms with Crippen LogP contribution in [0.4, 0.5) is 0 Å². The third-order valence-corrected chi connectivity index (χ3v) is 14.1. The predicted octanol–water partition coefficient (Wildman–Crippen LogP) is 8.76. The number of nitrogens with zero attached hydrogens (tertiary/aromatic N) is 4. The second-order valence-corrected chi connectivity index (χ2v) is 20.2. The summed E-state index contributed by atoms with van der Waals surface area (Å²) < 4.78 is 47.0. The van der Waals surface area contributed by atoms with Crippen LogP contribution in [-0.2, 0) is 58.7 Å². The molecule has 0 unspecified atom stereocenters. The Labute approximate surface area is 450 Å². The predicted molar refractivity (Wildman–Crippen MR) is 294 cm³/mol. The number of aryl methyl sites for hydroxylation is 1. The standard InChI is InChI=1S/C57H101BrN4O11/c58-28-20-13-9-5-1-3-7-11-18-24-55(63)60-32-40-68-48-46-66-38-30-59(31-39-67-47-49-69-41-33-60)29-21-14-10-6-2-4-8-12-19-25-56(64)61-34-42-70-50-52-72-44-36-62(37-45-73-53-51-71-43-35-61)57(65)27-26-54-22-16-15-17-23-54/h15-17,22-23H,1-14,18-21,24-53H2. The van der Waals surface area contributed by atoms with Crippen molar-refractivity contribution in [2.45, 2.75) is 141 Å². The molecule has 2 fully saturated rings. The highest BCUT2D eigenvalue weighted by atomic mass is 79.9. The van der Waals surface area contributed by atoms with Crippen LogP contribution in [0.2, 0.25) is 0 Å². The third kappa shape index (κ3) is 37.2. The molecule has 422 valence electrons. The van der Waals surface area contributed by atoms with Crippen LogP contribution >= 0.6 is 15.9 Å². The maximum Gasteiger partial charge on any atom is 0.223 e. The zero-order chi connectivity index (χ0) is 51.8. The van der Waals surface area contributed by atoms with E-state index >= 15 is 0 Å². The average Bonchev–Trinajstić information content (AvgIpc) is 3.40. The molecule has 15 nitrogen and oxygen atoms in total. The maximum atomic E-state index is 13.2. The maximum absolute atomic E-state index is 13.2. The van der Waals surface area contributed by atoms with E-state index < -0.39 is 0 Å². The van der Waals surface area contributed by atoms with Crippen LogP contribution in [0, 0.1) is 0 Å². The first-order valence-electron chi connectivity index (χ1n) is 28.8. The van der Waals surface area contributed by atoms with Crippen LogP contribution in [0.3, 0.4) is 0 Å². The summed E-state index contributed by atoms with van der Waals surface area (Å²) >= 11 is 3.51. The molecule has 0 spiro atoms. The van der Waals surface area contributed by atoms with Gasteiger partial charge in [-0.3, -0.25) is 19.3 Å². The van der Waals surface area contributed by atoms with Gasteiger partial charge in [-0.2, -0.15) is 0 Å². The SMILES string of the molecule is O=C(CCCCCCCCCCCBr)N1CCOCCOCCN(CCCCCCCCCCCC(=O)N2CCOCCOCCN(C(=O)CCc3ccccc3)CCOCCOCC2)CCOCCOCC1. The van der Waals surface area contributed by atoms with Gasteiger partial charge < -0.3 is 52.6 Å². The number of alkyl halides is 1. The molecule has 2 heterocycles. The van der Waals surface area contributed by atoms with Crippen molar-refractivity contribution in [2.24, 2.45) is 0 Å². The van der Waals surface area contributed by atoms with Gasteiger partial charge >= 0.3 is 0 Å². The summed E-state index contributed by atoms with van der Waals surface area (Å²) in [7, 11) is 0. The molecule has 0 N–H and O–H groups in total. The zero-order valence-electron chi connectivity index (χ0n) is 45.5. The molecule has 2 aliphatic rings. The summed E-state index contributed by atoms with van der Waals surface area (Å²) in [5, 5.41) is 1.11. The van der Waals surface area contributed by atoms with E-state index in [1.807, 2.05) is 45.0 Å². The van der Waals surface area contributed by atoms with Crippen molar-refractivity contribution >= 4 is 33.7 Å². The fourth-order valence-corrected chi connectivity index (χ4v) is 9.37. The summed E-state index contributed by atoms with van der Waals surface area (Å²) in [4.78, 5) is 47.4. The molecule has 0 bridgehead atoms. The van der Waals surface area contributed by atoms with Crippen molar-refractivity contribution < 1.29 is 52.3 Å². The number of ether oxygens (including phenoxy) is 8. The topological polar surface area (TPSA) is 138 Å². The van der Waals surface area contributed by atoms with Gasteiger partial charge in [0.2, 0.25) is 17.7 Å². The van der Waals surface area contributed by atoms with E-state index in [2.05, 4.69) is 20.8 Å². The Morgan fingerprint density at radius 3 is 0.973 bits per heavy atom. The molecular formula is C57H101BrN4O11. The molecule has 3 amide bonds. The van der Waals surface area contributed by atoms with Gasteiger partial charge in [-0.15, -0.1) is 0 Å². The first-order valence-corrected chi connectivity index (χ1v) is 30.0. The lowest BCUT2D eigenvalue weighted by Crippen LogP contribution is -2.38. The number of rotatable bonds is 26. The summed E-state index contributed by atoms with van der Waals surface area (Å²) in [5.74, 6) is 0.449. The first kappa shape index (κ1) is 65.0. The monoisotopic (exact) mass is 1100 g/mol. The Morgan fingerprint density at radius 1 is 0.342 bits per heavy atom. The Balaban J connectivity index is 1.19. The van der Waals surface area contributed by atoms with Gasteiger partial charge in [-0.1, -0.05) is 136 Å². The number of carbonyl (C=O) groups excluding carboxylic acids is 3.